The van der Waals surface area contributed by atoms with Crippen molar-refractivity contribution >= 4 is 28.4 Å². The molecule has 0 spiro atoms. The van der Waals surface area contributed by atoms with Crippen LogP contribution in [0.2, 0.25) is 5.02 Å². The Hall–Kier alpha value is -3.59. The predicted molar refractivity (Wildman–Crippen MR) is 125 cm³/mol. The number of nitrogens with one attached hydrogen (secondary N) is 2. The number of hydrogen-bond acceptors (Lipinski definition) is 7. The van der Waals surface area contributed by atoms with Crippen molar-refractivity contribution in [2.24, 2.45) is 0 Å². The Morgan fingerprint density at radius 3 is 2.69 bits per heavy atom. The fourth-order valence-corrected chi connectivity index (χ4v) is 3.81. The summed E-state index contributed by atoms with van der Waals surface area (Å²) in [7, 11) is 0. The highest BCUT2D eigenvalue weighted by molar-refractivity contribution is 6.30. The summed E-state index contributed by atoms with van der Waals surface area (Å²) in [6, 6.07) is 8.40. The van der Waals surface area contributed by atoms with Crippen molar-refractivity contribution < 1.29 is 27.8 Å². The van der Waals surface area contributed by atoms with Crippen LogP contribution in [0, 0.1) is 23.0 Å². The van der Waals surface area contributed by atoms with Crippen molar-refractivity contribution in [3.8, 4) is 11.8 Å². The van der Waals surface area contributed by atoms with Gasteiger partial charge >= 0.3 is 0 Å². The van der Waals surface area contributed by atoms with Crippen LogP contribution >= 0.6 is 11.6 Å². The number of carbonyl (C=O) groups excluding carboxylic acids is 1. The fourth-order valence-electron chi connectivity index (χ4n) is 3.60. The van der Waals surface area contributed by atoms with Crippen molar-refractivity contribution in [1.82, 2.24) is 15.3 Å². The van der Waals surface area contributed by atoms with E-state index < -0.39 is 23.1 Å². The van der Waals surface area contributed by atoms with Crippen molar-refractivity contribution in [2.75, 3.05) is 19.8 Å². The Morgan fingerprint density at radius 1 is 1.22 bits per heavy atom. The first-order chi connectivity index (χ1) is 17.4. The van der Waals surface area contributed by atoms with Crippen LogP contribution in [0.15, 0.2) is 35.1 Å². The molecule has 0 bridgehead atoms. The van der Waals surface area contributed by atoms with E-state index in [1.807, 2.05) is 6.07 Å². The largest absolute Gasteiger partial charge is 0.489 e. The monoisotopic (exact) mass is 518 g/mol. The number of nitriles is 1. The van der Waals surface area contributed by atoms with Gasteiger partial charge < -0.3 is 24.5 Å². The highest BCUT2D eigenvalue weighted by Crippen LogP contribution is 2.26. The lowest BCUT2D eigenvalue weighted by Gasteiger charge is -2.28. The number of hydrogen-bond donors (Lipinski definition) is 2. The van der Waals surface area contributed by atoms with Gasteiger partial charge in [0.05, 0.1) is 55.1 Å². The SMILES string of the molecule is N#CCC1COC(CCOc2c(F)ccc3nc(C(=O)NCc4ccc(F)c(Cl)c4)[nH]c(=O)c23)CO1. The van der Waals surface area contributed by atoms with Crippen LogP contribution in [0.1, 0.15) is 29.0 Å². The number of ether oxygens (including phenoxy) is 3. The maximum Gasteiger partial charge on any atom is 0.287 e. The molecule has 9 nitrogen and oxygen atoms in total. The third-order valence-corrected chi connectivity index (χ3v) is 5.76. The van der Waals surface area contributed by atoms with E-state index in [-0.39, 0.29) is 72.5 Å². The van der Waals surface area contributed by atoms with Gasteiger partial charge in [-0.1, -0.05) is 17.7 Å². The second-order valence-electron chi connectivity index (χ2n) is 8.03. The Labute approximate surface area is 208 Å². The lowest BCUT2D eigenvalue weighted by Crippen LogP contribution is -2.36. The van der Waals surface area contributed by atoms with Crippen LogP contribution < -0.4 is 15.6 Å². The topological polar surface area (TPSA) is 126 Å². The van der Waals surface area contributed by atoms with Crippen LogP contribution in [0.3, 0.4) is 0 Å². The van der Waals surface area contributed by atoms with Gasteiger partial charge in [0.15, 0.2) is 17.4 Å². The Balaban J connectivity index is 1.43. The van der Waals surface area contributed by atoms with Gasteiger partial charge in [0.2, 0.25) is 0 Å². The molecule has 1 saturated heterocycles. The van der Waals surface area contributed by atoms with Crippen molar-refractivity contribution in [1.29, 1.82) is 5.26 Å². The van der Waals surface area contributed by atoms with Gasteiger partial charge in [0.25, 0.3) is 11.5 Å². The van der Waals surface area contributed by atoms with Crippen molar-refractivity contribution in [3.05, 3.63) is 68.7 Å². The molecule has 0 radical (unpaired) electrons. The first-order valence-electron chi connectivity index (χ1n) is 11.0. The summed E-state index contributed by atoms with van der Waals surface area (Å²) >= 11 is 5.74. The van der Waals surface area contributed by atoms with Gasteiger partial charge in [0, 0.05) is 13.0 Å². The average molecular weight is 519 g/mol. The van der Waals surface area contributed by atoms with E-state index in [0.717, 1.165) is 6.07 Å². The smallest absolute Gasteiger partial charge is 0.287 e. The Morgan fingerprint density at radius 2 is 1.97 bits per heavy atom. The highest BCUT2D eigenvalue weighted by Gasteiger charge is 2.23. The molecule has 1 aliphatic rings. The molecule has 2 heterocycles. The molecular formula is C24H21ClF2N4O5. The first-order valence-corrected chi connectivity index (χ1v) is 11.4. The lowest BCUT2D eigenvalue weighted by molar-refractivity contribution is -0.134. The first kappa shape index (κ1) is 25.5. The van der Waals surface area contributed by atoms with Crippen LogP contribution in [0.4, 0.5) is 8.78 Å². The second kappa shape index (κ2) is 11.4. The number of fused-ring (bicyclic) bond motifs is 1. The van der Waals surface area contributed by atoms with E-state index in [1.165, 1.54) is 24.3 Å². The summed E-state index contributed by atoms with van der Waals surface area (Å²) in [4.78, 5) is 31.8. The van der Waals surface area contributed by atoms with Gasteiger partial charge in [-0.2, -0.15) is 5.26 Å². The molecule has 2 unspecified atom stereocenters. The van der Waals surface area contributed by atoms with Crippen molar-refractivity contribution in [2.45, 2.75) is 31.6 Å². The quantitative estimate of drug-likeness (QED) is 0.468. The van der Waals surface area contributed by atoms with Gasteiger partial charge in [0.1, 0.15) is 11.2 Å². The minimum atomic E-state index is -0.755. The number of aromatic amines is 1. The number of benzene rings is 2. The zero-order valence-electron chi connectivity index (χ0n) is 18.9. The summed E-state index contributed by atoms with van der Waals surface area (Å²) in [5, 5.41) is 11.1. The number of amides is 1. The number of halogens is 3. The van der Waals surface area contributed by atoms with Gasteiger partial charge in [-0.3, -0.25) is 9.59 Å². The van der Waals surface area contributed by atoms with Gasteiger partial charge in [-0.15, -0.1) is 0 Å². The van der Waals surface area contributed by atoms with Crippen LogP contribution in [0.5, 0.6) is 5.75 Å². The van der Waals surface area contributed by atoms with Crippen LogP contribution in [-0.4, -0.2) is 47.9 Å². The normalized spacial score (nSPS) is 17.5. The van der Waals surface area contributed by atoms with Crippen LogP contribution in [-0.2, 0) is 16.0 Å². The zero-order chi connectivity index (χ0) is 25.7. The molecule has 1 fully saturated rings. The standard InChI is InChI=1S/C24H21ClF2N4O5/c25-16-9-13(1-2-17(16)26)10-29-24(33)22-30-19-4-3-18(27)21(20(19)23(32)31-22)34-8-6-15-12-35-14(5-7-28)11-36-15/h1-4,9,14-15H,5-6,8,10-12H2,(H,29,33)(H,30,31,32). The van der Waals surface area contributed by atoms with E-state index in [4.69, 9.17) is 31.1 Å². The molecular weight excluding hydrogens is 498 g/mol. The molecule has 188 valence electrons. The highest BCUT2D eigenvalue weighted by atomic mass is 35.5. The molecule has 36 heavy (non-hydrogen) atoms. The molecule has 3 aromatic rings. The van der Waals surface area contributed by atoms with E-state index in [0.29, 0.717) is 12.0 Å². The molecule has 2 atom stereocenters. The molecule has 1 aromatic heterocycles. The summed E-state index contributed by atoms with van der Waals surface area (Å²) in [5.74, 6) is -2.59. The number of nitrogens with zero attached hydrogens (tertiary/aromatic N) is 2. The second-order valence-corrected chi connectivity index (χ2v) is 8.43. The van der Waals surface area contributed by atoms with Crippen LogP contribution in [0.25, 0.3) is 10.9 Å². The maximum atomic E-state index is 14.5. The molecule has 12 heteroatoms. The molecule has 0 aliphatic carbocycles. The summed E-state index contributed by atoms with van der Waals surface area (Å²) in [6.45, 7) is 0.611. The Kier molecular flexibility index (Phi) is 8.10. The number of rotatable bonds is 8. The third kappa shape index (κ3) is 5.96. The average Bonchev–Trinajstić information content (AvgIpc) is 2.87. The molecule has 2 N–H and O–H groups in total. The van der Waals surface area contributed by atoms with Crippen molar-refractivity contribution in [3.63, 3.8) is 0 Å². The Bertz CT molecular complexity index is 1370. The third-order valence-electron chi connectivity index (χ3n) is 5.47. The molecule has 1 amide bonds. The lowest BCUT2D eigenvalue weighted by atomic mass is 10.2. The molecule has 2 aromatic carbocycles. The van der Waals surface area contributed by atoms with Gasteiger partial charge in [-0.25, -0.2) is 13.8 Å². The summed E-state index contributed by atoms with van der Waals surface area (Å²) in [6.07, 6.45) is 0.0441. The van der Waals surface area contributed by atoms with E-state index in [9.17, 15) is 18.4 Å². The van der Waals surface area contributed by atoms with E-state index in [2.05, 4.69) is 15.3 Å². The van der Waals surface area contributed by atoms with E-state index in [1.54, 1.807) is 0 Å². The number of aromatic nitrogens is 2. The summed E-state index contributed by atoms with van der Waals surface area (Å²) in [5.41, 5.74) is -0.133. The molecule has 1 aliphatic heterocycles. The van der Waals surface area contributed by atoms with E-state index >= 15 is 0 Å². The van der Waals surface area contributed by atoms with Gasteiger partial charge in [-0.05, 0) is 29.8 Å². The number of H-pyrrole nitrogens is 1. The molecule has 0 saturated carbocycles. The molecule has 4 rings (SSSR count). The maximum absolute atomic E-state index is 14.5. The summed E-state index contributed by atoms with van der Waals surface area (Å²) < 4.78 is 44.6. The minimum absolute atomic E-state index is 0.0164. The number of carbonyl (C=O) groups is 1. The zero-order valence-corrected chi connectivity index (χ0v) is 19.6. The fraction of sp³-hybridized carbons (Fsp3) is 0.333. The predicted octanol–water partition coefficient (Wildman–Crippen LogP) is 3.25. The minimum Gasteiger partial charge on any atom is -0.489 e.